The highest BCUT2D eigenvalue weighted by molar-refractivity contribution is 4.86. The third-order valence-corrected chi connectivity index (χ3v) is 1.12. The van der Waals surface area contributed by atoms with Gasteiger partial charge in [0, 0.05) is 0 Å². The summed E-state index contributed by atoms with van der Waals surface area (Å²) < 4.78 is 13.0. The molecule has 0 fully saturated rings. The molecule has 0 aliphatic rings. The Morgan fingerprint density at radius 2 is 2.27 bits per heavy atom. The first-order valence-electron chi connectivity index (χ1n) is 2.75. The summed E-state index contributed by atoms with van der Waals surface area (Å²) in [6.07, 6.45) is 0.640. The van der Waals surface area contributed by atoms with E-state index in [0.717, 1.165) is 0 Å². The Bertz CT molecular complexity index is 367. The zero-order valence-electron chi connectivity index (χ0n) is 5.37. The van der Waals surface area contributed by atoms with Gasteiger partial charge in [0.15, 0.2) is 0 Å². The fraction of sp³-hybridized carbons (Fsp3) is 0.200. The van der Waals surface area contributed by atoms with Gasteiger partial charge < -0.3 is 5.11 Å². The molecule has 0 atom stereocenters. The van der Waals surface area contributed by atoms with Crippen molar-refractivity contribution in [2.24, 2.45) is 0 Å². The predicted molar refractivity (Wildman–Crippen MR) is 33.5 cm³/mol. The molecule has 1 aromatic rings. The van der Waals surface area contributed by atoms with Crippen LogP contribution in [0.15, 0.2) is 15.8 Å². The van der Waals surface area contributed by atoms with E-state index < -0.39 is 23.8 Å². The standard InChI is InChI=1S/C5H5FN2O3/c6-3-1-8(2-9)5(11)7-4(3)10/h1,9H,2H2,(H,7,10,11). The Labute approximate surface area is 59.7 Å². The molecule has 2 N–H and O–H groups in total. The molecule has 1 heterocycles. The van der Waals surface area contributed by atoms with Crippen molar-refractivity contribution in [1.82, 2.24) is 9.55 Å². The molecule has 0 aliphatic carbocycles. The largest absolute Gasteiger partial charge is 0.376 e. The van der Waals surface area contributed by atoms with Gasteiger partial charge in [0.1, 0.15) is 6.73 Å². The van der Waals surface area contributed by atoms with E-state index >= 15 is 0 Å². The summed E-state index contributed by atoms with van der Waals surface area (Å²) >= 11 is 0. The fourth-order valence-electron chi connectivity index (χ4n) is 0.588. The van der Waals surface area contributed by atoms with E-state index in [0.29, 0.717) is 10.8 Å². The van der Waals surface area contributed by atoms with Crippen molar-refractivity contribution >= 4 is 0 Å². The Kier molecular flexibility index (Phi) is 1.86. The van der Waals surface area contributed by atoms with Gasteiger partial charge in [-0.15, -0.1) is 0 Å². The third kappa shape index (κ3) is 1.35. The minimum atomic E-state index is -1.10. The summed E-state index contributed by atoms with van der Waals surface area (Å²) in [6.45, 7) is -0.660. The van der Waals surface area contributed by atoms with E-state index in [1.807, 2.05) is 0 Å². The second kappa shape index (κ2) is 2.67. The maximum absolute atomic E-state index is 12.3. The maximum atomic E-state index is 12.3. The molecule has 5 nitrogen and oxygen atoms in total. The average Bonchev–Trinajstić information content (AvgIpc) is 1.97. The van der Waals surface area contributed by atoms with Gasteiger partial charge in [-0.2, -0.15) is 4.39 Å². The maximum Gasteiger partial charge on any atom is 0.330 e. The van der Waals surface area contributed by atoms with Gasteiger partial charge in [-0.25, -0.2) is 4.79 Å². The SMILES string of the molecule is O=c1[nH]c(=O)n(CO)cc1F. The zero-order valence-corrected chi connectivity index (χ0v) is 5.37. The summed E-state index contributed by atoms with van der Waals surface area (Å²) in [5.41, 5.74) is -1.92. The number of aromatic nitrogens is 2. The van der Waals surface area contributed by atoms with Crippen LogP contribution in [0.3, 0.4) is 0 Å². The summed E-state index contributed by atoms with van der Waals surface area (Å²) in [5, 5.41) is 8.41. The van der Waals surface area contributed by atoms with Crippen LogP contribution >= 0.6 is 0 Å². The lowest BCUT2D eigenvalue weighted by Crippen LogP contribution is -2.31. The summed E-state index contributed by atoms with van der Waals surface area (Å²) in [4.78, 5) is 22.7. The molecular formula is C5H5FN2O3. The monoisotopic (exact) mass is 160 g/mol. The second-order valence-electron chi connectivity index (χ2n) is 1.85. The number of aromatic amines is 1. The lowest BCUT2D eigenvalue weighted by molar-refractivity contribution is 0.201. The first-order chi connectivity index (χ1) is 5.15. The molecule has 0 bridgehead atoms. The van der Waals surface area contributed by atoms with Gasteiger partial charge in [-0.1, -0.05) is 0 Å². The van der Waals surface area contributed by atoms with Crippen molar-refractivity contribution in [3.05, 3.63) is 32.9 Å². The van der Waals surface area contributed by atoms with Crippen molar-refractivity contribution in [2.45, 2.75) is 6.73 Å². The molecule has 6 heteroatoms. The Balaban J connectivity index is 3.45. The highest BCUT2D eigenvalue weighted by atomic mass is 19.1. The van der Waals surface area contributed by atoms with Crippen LogP contribution < -0.4 is 11.2 Å². The lowest BCUT2D eigenvalue weighted by atomic mass is 10.6. The summed E-state index contributed by atoms with van der Waals surface area (Å²) in [6, 6.07) is 0. The first kappa shape index (κ1) is 7.67. The van der Waals surface area contributed by atoms with Gasteiger partial charge >= 0.3 is 5.69 Å². The fourth-order valence-corrected chi connectivity index (χ4v) is 0.588. The molecule has 60 valence electrons. The molecule has 0 saturated carbocycles. The van der Waals surface area contributed by atoms with Crippen molar-refractivity contribution < 1.29 is 9.50 Å². The van der Waals surface area contributed by atoms with E-state index in [9.17, 15) is 14.0 Å². The normalized spacial score (nSPS) is 10.0. The molecule has 0 unspecified atom stereocenters. The number of aliphatic hydroxyl groups is 1. The molecule has 0 aromatic carbocycles. The molecule has 0 amide bonds. The molecule has 1 aromatic heterocycles. The number of H-pyrrole nitrogens is 1. The third-order valence-electron chi connectivity index (χ3n) is 1.12. The second-order valence-corrected chi connectivity index (χ2v) is 1.85. The van der Waals surface area contributed by atoms with Crippen molar-refractivity contribution in [2.75, 3.05) is 0 Å². The lowest BCUT2D eigenvalue weighted by Gasteiger charge is -1.96. The van der Waals surface area contributed by atoms with Crippen LogP contribution in [0.25, 0.3) is 0 Å². The average molecular weight is 160 g/mol. The van der Waals surface area contributed by atoms with E-state index in [-0.39, 0.29) is 0 Å². The number of aliphatic hydroxyl groups excluding tert-OH is 1. The number of nitrogens with one attached hydrogen (secondary N) is 1. The Hall–Kier alpha value is -1.43. The highest BCUT2D eigenvalue weighted by Gasteiger charge is 2.00. The zero-order chi connectivity index (χ0) is 8.43. The molecule has 0 saturated heterocycles. The highest BCUT2D eigenvalue weighted by Crippen LogP contribution is 1.81. The number of hydrogen-bond acceptors (Lipinski definition) is 3. The van der Waals surface area contributed by atoms with Crippen LogP contribution in [-0.4, -0.2) is 14.7 Å². The Morgan fingerprint density at radius 1 is 1.64 bits per heavy atom. The van der Waals surface area contributed by atoms with E-state index in [1.54, 1.807) is 4.98 Å². The van der Waals surface area contributed by atoms with E-state index in [2.05, 4.69) is 0 Å². The predicted octanol–water partition coefficient (Wildman–Crippen LogP) is -1.37. The number of rotatable bonds is 1. The van der Waals surface area contributed by atoms with Gasteiger partial charge in [-0.05, 0) is 0 Å². The van der Waals surface area contributed by atoms with Crippen LogP contribution in [0.2, 0.25) is 0 Å². The molecule has 0 aliphatic heterocycles. The molecular weight excluding hydrogens is 155 g/mol. The van der Waals surface area contributed by atoms with Gasteiger partial charge in [0.05, 0.1) is 6.20 Å². The van der Waals surface area contributed by atoms with Crippen LogP contribution in [0.1, 0.15) is 0 Å². The van der Waals surface area contributed by atoms with Crippen LogP contribution in [0, 0.1) is 5.82 Å². The smallest absolute Gasteiger partial charge is 0.330 e. The van der Waals surface area contributed by atoms with Crippen molar-refractivity contribution in [3.8, 4) is 0 Å². The number of halogens is 1. The summed E-state index contributed by atoms with van der Waals surface area (Å²) in [5.74, 6) is -1.10. The van der Waals surface area contributed by atoms with Crippen LogP contribution in [0.4, 0.5) is 4.39 Å². The molecule has 11 heavy (non-hydrogen) atoms. The van der Waals surface area contributed by atoms with E-state index in [1.165, 1.54) is 0 Å². The molecule has 1 rings (SSSR count). The number of nitrogens with zero attached hydrogens (tertiary/aromatic N) is 1. The summed E-state index contributed by atoms with van der Waals surface area (Å²) in [7, 11) is 0. The Morgan fingerprint density at radius 3 is 2.82 bits per heavy atom. The molecule has 0 radical (unpaired) electrons. The molecule has 0 spiro atoms. The van der Waals surface area contributed by atoms with Gasteiger partial charge in [0.2, 0.25) is 5.82 Å². The van der Waals surface area contributed by atoms with Crippen LogP contribution in [-0.2, 0) is 6.73 Å². The topological polar surface area (TPSA) is 75.1 Å². The van der Waals surface area contributed by atoms with Gasteiger partial charge in [-0.3, -0.25) is 14.3 Å². The van der Waals surface area contributed by atoms with Crippen molar-refractivity contribution in [1.29, 1.82) is 0 Å². The quantitative estimate of drug-likeness (QED) is 0.532. The van der Waals surface area contributed by atoms with Crippen molar-refractivity contribution in [3.63, 3.8) is 0 Å². The minimum absolute atomic E-state index is 0.636. The van der Waals surface area contributed by atoms with Gasteiger partial charge in [0.25, 0.3) is 5.56 Å². The number of hydrogen-bond donors (Lipinski definition) is 2. The minimum Gasteiger partial charge on any atom is -0.376 e. The van der Waals surface area contributed by atoms with E-state index in [4.69, 9.17) is 5.11 Å². The first-order valence-corrected chi connectivity index (χ1v) is 2.75. The van der Waals surface area contributed by atoms with Crippen LogP contribution in [0.5, 0.6) is 0 Å².